The van der Waals surface area contributed by atoms with E-state index in [1.54, 1.807) is 0 Å². The molecular formula is C15H19N5. The lowest BCUT2D eigenvalue weighted by Gasteiger charge is -2.13. The van der Waals surface area contributed by atoms with Gasteiger partial charge in [0.05, 0.1) is 22.9 Å². The molecule has 3 aromatic rings. The van der Waals surface area contributed by atoms with Gasteiger partial charge < -0.3 is 5.32 Å². The fraction of sp³-hybridized carbons (Fsp3) is 0.333. The van der Waals surface area contributed by atoms with E-state index in [4.69, 9.17) is 5.10 Å². The Hall–Kier alpha value is -2.14. The summed E-state index contributed by atoms with van der Waals surface area (Å²) in [4.78, 5) is 0. The Morgan fingerprint density at radius 3 is 2.65 bits per heavy atom. The molecule has 0 radical (unpaired) electrons. The minimum atomic E-state index is 0.0206. The van der Waals surface area contributed by atoms with E-state index >= 15 is 0 Å². The van der Waals surface area contributed by atoms with E-state index in [0.29, 0.717) is 0 Å². The number of nitrogens with zero attached hydrogens (tertiary/aromatic N) is 4. The van der Waals surface area contributed by atoms with Crippen molar-refractivity contribution in [1.29, 1.82) is 0 Å². The van der Waals surface area contributed by atoms with Crippen molar-refractivity contribution in [2.45, 2.75) is 13.0 Å². The second-order valence-electron chi connectivity index (χ2n) is 4.93. The van der Waals surface area contributed by atoms with Gasteiger partial charge in [-0.2, -0.15) is 10.2 Å². The highest BCUT2D eigenvalue weighted by Gasteiger charge is 2.21. The number of aryl methyl sites for hydroxylation is 2. The molecule has 1 N–H and O–H groups in total. The molecule has 2 heterocycles. The molecule has 0 amide bonds. The van der Waals surface area contributed by atoms with E-state index in [2.05, 4.69) is 35.5 Å². The van der Waals surface area contributed by atoms with Crippen LogP contribution in [-0.2, 0) is 14.1 Å². The lowest BCUT2D eigenvalue weighted by Crippen LogP contribution is -2.23. The fourth-order valence-electron chi connectivity index (χ4n) is 2.59. The minimum Gasteiger partial charge on any atom is -0.304 e. The number of aromatic nitrogens is 4. The first-order valence-corrected chi connectivity index (χ1v) is 6.85. The van der Waals surface area contributed by atoms with Crippen LogP contribution in [0.15, 0.2) is 36.5 Å². The molecule has 1 aromatic carbocycles. The van der Waals surface area contributed by atoms with Gasteiger partial charge in [0.25, 0.3) is 0 Å². The molecule has 5 nitrogen and oxygen atoms in total. The molecule has 20 heavy (non-hydrogen) atoms. The van der Waals surface area contributed by atoms with Crippen LogP contribution >= 0.6 is 0 Å². The zero-order valence-corrected chi connectivity index (χ0v) is 12.0. The van der Waals surface area contributed by atoms with Crippen molar-refractivity contribution in [1.82, 2.24) is 24.9 Å². The van der Waals surface area contributed by atoms with Crippen molar-refractivity contribution in [2.24, 2.45) is 14.1 Å². The minimum absolute atomic E-state index is 0.0206. The molecule has 2 aromatic heterocycles. The molecule has 1 atom stereocenters. The highest BCUT2D eigenvalue weighted by molar-refractivity contribution is 5.82. The van der Waals surface area contributed by atoms with Gasteiger partial charge in [-0.15, -0.1) is 0 Å². The normalized spacial score (nSPS) is 12.9. The van der Waals surface area contributed by atoms with Crippen LogP contribution in [0.3, 0.4) is 0 Å². The summed E-state index contributed by atoms with van der Waals surface area (Å²) >= 11 is 0. The van der Waals surface area contributed by atoms with Gasteiger partial charge in [0, 0.05) is 25.7 Å². The van der Waals surface area contributed by atoms with E-state index in [-0.39, 0.29) is 6.04 Å². The number of para-hydroxylation sites is 1. The third-order valence-electron chi connectivity index (χ3n) is 3.50. The van der Waals surface area contributed by atoms with E-state index in [9.17, 15) is 0 Å². The Balaban J connectivity index is 2.14. The molecule has 0 aliphatic heterocycles. The Morgan fingerprint density at radius 1 is 1.15 bits per heavy atom. The standard InChI is InChI=1S/C15H19N5/c1-4-16-15(12-9-10-19(2)17-12)14-11-7-5-6-8-13(11)20(3)18-14/h5-10,15-16H,4H2,1-3H3. The molecule has 0 saturated heterocycles. The summed E-state index contributed by atoms with van der Waals surface area (Å²) in [6, 6.07) is 10.4. The number of hydrogen-bond acceptors (Lipinski definition) is 3. The molecule has 5 heteroatoms. The van der Waals surface area contributed by atoms with Gasteiger partial charge in [0.1, 0.15) is 0 Å². The van der Waals surface area contributed by atoms with Gasteiger partial charge in [0.2, 0.25) is 0 Å². The number of hydrogen-bond donors (Lipinski definition) is 1. The average Bonchev–Trinajstić information content (AvgIpc) is 3.02. The molecule has 0 aliphatic rings. The summed E-state index contributed by atoms with van der Waals surface area (Å²) < 4.78 is 3.75. The monoisotopic (exact) mass is 269 g/mol. The molecule has 1 unspecified atom stereocenters. The molecule has 0 fully saturated rings. The van der Waals surface area contributed by atoms with Crippen molar-refractivity contribution in [3.8, 4) is 0 Å². The molecule has 3 rings (SSSR count). The van der Waals surface area contributed by atoms with Crippen molar-refractivity contribution >= 4 is 10.9 Å². The molecule has 0 aliphatic carbocycles. The SMILES string of the molecule is CCNC(c1ccn(C)n1)c1nn(C)c2ccccc12. The number of fused-ring (bicyclic) bond motifs is 1. The highest BCUT2D eigenvalue weighted by Crippen LogP contribution is 2.27. The van der Waals surface area contributed by atoms with Gasteiger partial charge in [-0.1, -0.05) is 25.1 Å². The van der Waals surface area contributed by atoms with Crippen molar-refractivity contribution in [2.75, 3.05) is 6.54 Å². The first-order valence-electron chi connectivity index (χ1n) is 6.85. The fourth-order valence-corrected chi connectivity index (χ4v) is 2.59. The van der Waals surface area contributed by atoms with Crippen LogP contribution in [0.25, 0.3) is 10.9 Å². The maximum atomic E-state index is 4.70. The Bertz CT molecular complexity index is 725. The number of rotatable bonds is 4. The molecule has 0 saturated carbocycles. The Kier molecular flexibility index (Phi) is 3.28. The van der Waals surface area contributed by atoms with E-state index < -0.39 is 0 Å². The van der Waals surface area contributed by atoms with Crippen LogP contribution < -0.4 is 5.32 Å². The molecular weight excluding hydrogens is 250 g/mol. The third kappa shape index (κ3) is 2.10. The highest BCUT2D eigenvalue weighted by atomic mass is 15.3. The molecule has 104 valence electrons. The van der Waals surface area contributed by atoms with Crippen LogP contribution in [0.2, 0.25) is 0 Å². The smallest absolute Gasteiger partial charge is 0.0968 e. The van der Waals surface area contributed by atoms with Crippen molar-refractivity contribution in [3.63, 3.8) is 0 Å². The zero-order chi connectivity index (χ0) is 14.1. The van der Waals surface area contributed by atoms with Gasteiger partial charge in [-0.05, 0) is 18.7 Å². The van der Waals surface area contributed by atoms with Crippen LogP contribution in [0.4, 0.5) is 0 Å². The van der Waals surface area contributed by atoms with E-state index in [1.165, 1.54) is 5.39 Å². The Morgan fingerprint density at radius 2 is 1.95 bits per heavy atom. The average molecular weight is 269 g/mol. The number of nitrogens with one attached hydrogen (secondary N) is 1. The zero-order valence-electron chi connectivity index (χ0n) is 12.0. The third-order valence-corrected chi connectivity index (χ3v) is 3.50. The summed E-state index contributed by atoms with van der Waals surface area (Å²) in [5.74, 6) is 0. The van der Waals surface area contributed by atoms with Crippen LogP contribution in [0.5, 0.6) is 0 Å². The lowest BCUT2D eigenvalue weighted by molar-refractivity contribution is 0.579. The first kappa shape index (κ1) is 12.9. The summed E-state index contributed by atoms with van der Waals surface area (Å²) in [5.41, 5.74) is 3.17. The quantitative estimate of drug-likeness (QED) is 0.788. The molecule has 0 spiro atoms. The van der Waals surface area contributed by atoms with Gasteiger partial charge in [-0.25, -0.2) is 0 Å². The maximum absolute atomic E-state index is 4.70. The van der Waals surface area contributed by atoms with Gasteiger partial charge in [-0.3, -0.25) is 9.36 Å². The van der Waals surface area contributed by atoms with E-state index in [1.807, 2.05) is 41.8 Å². The number of benzene rings is 1. The predicted molar refractivity (Wildman–Crippen MR) is 79.4 cm³/mol. The summed E-state index contributed by atoms with van der Waals surface area (Å²) in [5, 5.41) is 13.9. The first-order chi connectivity index (χ1) is 9.70. The topological polar surface area (TPSA) is 47.7 Å². The van der Waals surface area contributed by atoms with Crippen LogP contribution in [-0.4, -0.2) is 26.1 Å². The largest absolute Gasteiger partial charge is 0.304 e. The second kappa shape index (κ2) is 5.09. The van der Waals surface area contributed by atoms with Crippen molar-refractivity contribution < 1.29 is 0 Å². The van der Waals surface area contributed by atoms with Gasteiger partial charge in [0.15, 0.2) is 0 Å². The summed E-state index contributed by atoms with van der Waals surface area (Å²) in [6.45, 7) is 2.97. The van der Waals surface area contributed by atoms with Crippen LogP contribution in [0.1, 0.15) is 24.4 Å². The van der Waals surface area contributed by atoms with Crippen molar-refractivity contribution in [3.05, 3.63) is 47.9 Å². The summed E-state index contributed by atoms with van der Waals surface area (Å²) in [6.07, 6.45) is 1.96. The molecule has 0 bridgehead atoms. The van der Waals surface area contributed by atoms with E-state index in [0.717, 1.165) is 23.4 Å². The second-order valence-corrected chi connectivity index (χ2v) is 4.93. The predicted octanol–water partition coefficient (Wildman–Crippen LogP) is 2.01. The maximum Gasteiger partial charge on any atom is 0.0968 e. The summed E-state index contributed by atoms with van der Waals surface area (Å²) in [7, 11) is 3.91. The lowest BCUT2D eigenvalue weighted by atomic mass is 10.1. The van der Waals surface area contributed by atoms with Gasteiger partial charge >= 0.3 is 0 Å². The Labute approximate surface area is 118 Å². The van der Waals surface area contributed by atoms with Crippen LogP contribution in [0, 0.1) is 0 Å².